The van der Waals surface area contributed by atoms with E-state index >= 15 is 0 Å². The molecule has 0 rings (SSSR count). The van der Waals surface area contributed by atoms with E-state index < -0.39 is 18.8 Å². The van der Waals surface area contributed by atoms with Crippen LogP contribution in [0.4, 0.5) is 17.6 Å². The summed E-state index contributed by atoms with van der Waals surface area (Å²) in [5.74, 6) is -3.85. The third kappa shape index (κ3) is 4.40. The van der Waals surface area contributed by atoms with Crippen LogP contribution in [-0.2, 0) is 0 Å². The van der Waals surface area contributed by atoms with Gasteiger partial charge in [-0.15, -0.1) is 0 Å². The molecule has 0 saturated heterocycles. The van der Waals surface area contributed by atoms with E-state index in [0.717, 1.165) is 0 Å². The van der Waals surface area contributed by atoms with Crippen LogP contribution < -0.4 is 0 Å². The molecule has 0 aromatic heterocycles. The van der Waals surface area contributed by atoms with Gasteiger partial charge in [0.25, 0.3) is 0 Å². The highest BCUT2D eigenvalue weighted by atomic mass is 79.9. The Morgan fingerprint density at radius 1 is 1.36 bits per heavy atom. The fourth-order valence-corrected chi connectivity index (χ4v) is 0.712. The van der Waals surface area contributed by atoms with Crippen LogP contribution in [0.1, 0.15) is 12.8 Å². The van der Waals surface area contributed by atoms with Gasteiger partial charge in [-0.1, -0.05) is 22.0 Å². The van der Waals surface area contributed by atoms with Crippen molar-refractivity contribution in [3.05, 3.63) is 11.1 Å². The zero-order valence-electron chi connectivity index (χ0n) is 5.54. The number of alkyl halides is 4. The van der Waals surface area contributed by atoms with E-state index in [1.165, 1.54) is 11.1 Å². The molecular weight excluding hydrogens is 228 g/mol. The third-order valence-electron chi connectivity index (χ3n) is 1.05. The van der Waals surface area contributed by atoms with Crippen molar-refractivity contribution in [2.75, 3.05) is 0 Å². The minimum absolute atomic E-state index is 0.0530. The van der Waals surface area contributed by atoms with Gasteiger partial charge >= 0.3 is 12.3 Å². The van der Waals surface area contributed by atoms with Crippen molar-refractivity contribution in [3.63, 3.8) is 0 Å². The predicted octanol–water partition coefficient (Wildman–Crippen LogP) is 3.58. The Balaban J connectivity index is 3.73. The Bertz CT molecular complexity index is 133. The average molecular weight is 235 g/mol. The number of hydrogen-bond acceptors (Lipinski definition) is 0. The topological polar surface area (TPSA) is 0 Å². The molecule has 11 heavy (non-hydrogen) atoms. The monoisotopic (exact) mass is 234 g/mol. The van der Waals surface area contributed by atoms with Crippen LogP contribution in [0.2, 0.25) is 0 Å². The summed E-state index contributed by atoms with van der Waals surface area (Å²) in [7, 11) is 0. The summed E-state index contributed by atoms with van der Waals surface area (Å²) in [4.78, 5) is 1.37. The van der Waals surface area contributed by atoms with Crippen molar-refractivity contribution in [1.29, 1.82) is 0 Å². The molecular formula is C6H7BrF4. The van der Waals surface area contributed by atoms with E-state index in [9.17, 15) is 17.6 Å². The Morgan fingerprint density at radius 3 is 2.27 bits per heavy atom. The first kappa shape index (κ1) is 10.9. The van der Waals surface area contributed by atoms with E-state index in [0.29, 0.717) is 0 Å². The number of halogens is 5. The van der Waals surface area contributed by atoms with Crippen LogP contribution in [0.15, 0.2) is 11.1 Å². The van der Waals surface area contributed by atoms with Crippen LogP contribution in [0, 0.1) is 0 Å². The van der Waals surface area contributed by atoms with Gasteiger partial charge in [0, 0.05) is 6.42 Å². The predicted molar refractivity (Wildman–Crippen MR) is 38.3 cm³/mol. The molecule has 0 unspecified atom stereocenters. The summed E-state index contributed by atoms with van der Waals surface area (Å²) in [6.07, 6.45) is -3.07. The molecule has 0 aromatic rings. The lowest BCUT2D eigenvalue weighted by Crippen LogP contribution is -2.25. The smallest absolute Gasteiger partial charge is 0.204 e. The first-order valence-electron chi connectivity index (χ1n) is 2.92. The maximum Gasteiger partial charge on any atom is 0.307 e. The van der Waals surface area contributed by atoms with E-state index in [1.807, 2.05) is 0 Å². The molecule has 0 N–H and O–H groups in total. The highest BCUT2D eigenvalue weighted by Crippen LogP contribution is 2.27. The third-order valence-corrected chi connectivity index (χ3v) is 1.43. The molecule has 0 saturated carbocycles. The largest absolute Gasteiger partial charge is 0.307 e. The number of allylic oxidation sites excluding steroid dienone is 1. The summed E-state index contributed by atoms with van der Waals surface area (Å²) in [5.41, 5.74) is 0. The van der Waals surface area contributed by atoms with Gasteiger partial charge in [-0.3, -0.25) is 0 Å². The van der Waals surface area contributed by atoms with Crippen molar-refractivity contribution in [2.24, 2.45) is 0 Å². The molecule has 0 fully saturated rings. The Kier molecular flexibility index (Phi) is 4.72. The Morgan fingerprint density at radius 2 is 1.91 bits per heavy atom. The SMILES string of the molecule is FC(F)C(F)(F)CCC=CBr. The van der Waals surface area contributed by atoms with Crippen molar-refractivity contribution >= 4 is 15.9 Å². The summed E-state index contributed by atoms with van der Waals surface area (Å²) in [5, 5.41) is 0. The summed E-state index contributed by atoms with van der Waals surface area (Å²) in [6.45, 7) is 0. The normalized spacial score (nSPS) is 13.3. The molecule has 0 atom stereocenters. The highest BCUT2D eigenvalue weighted by Gasteiger charge is 2.39. The molecule has 0 heterocycles. The molecule has 0 amide bonds. The minimum Gasteiger partial charge on any atom is -0.204 e. The van der Waals surface area contributed by atoms with Gasteiger partial charge in [-0.05, 0) is 11.4 Å². The van der Waals surface area contributed by atoms with Gasteiger partial charge < -0.3 is 0 Å². The van der Waals surface area contributed by atoms with Gasteiger partial charge in [-0.2, -0.15) is 0 Å². The van der Waals surface area contributed by atoms with Crippen LogP contribution >= 0.6 is 15.9 Å². The van der Waals surface area contributed by atoms with E-state index in [1.54, 1.807) is 0 Å². The number of hydrogen-bond donors (Lipinski definition) is 0. The van der Waals surface area contributed by atoms with Crippen molar-refractivity contribution in [2.45, 2.75) is 25.2 Å². The second kappa shape index (κ2) is 4.74. The van der Waals surface area contributed by atoms with Gasteiger partial charge in [-0.25, -0.2) is 17.6 Å². The van der Waals surface area contributed by atoms with Crippen molar-refractivity contribution in [3.8, 4) is 0 Å². The highest BCUT2D eigenvalue weighted by molar-refractivity contribution is 9.11. The standard InChI is InChI=1S/C6H7BrF4/c7-4-2-1-3-6(10,11)5(8)9/h2,4-5H,1,3H2. The zero-order chi connectivity index (χ0) is 8.91. The maximum absolute atomic E-state index is 12.1. The van der Waals surface area contributed by atoms with Gasteiger partial charge in [0.05, 0.1) is 0 Å². The average Bonchev–Trinajstić information content (AvgIpc) is 1.88. The number of rotatable bonds is 4. The molecule has 0 aliphatic rings. The quantitative estimate of drug-likeness (QED) is 0.653. The second-order valence-electron chi connectivity index (χ2n) is 1.96. The molecule has 0 spiro atoms. The van der Waals surface area contributed by atoms with Crippen LogP contribution in [0.25, 0.3) is 0 Å². The fourth-order valence-electron chi connectivity index (χ4n) is 0.448. The Labute approximate surface area is 70.4 Å². The first-order chi connectivity index (χ1) is 5.00. The lowest BCUT2D eigenvalue weighted by atomic mass is 10.2. The molecule has 0 aliphatic carbocycles. The molecule has 0 nitrogen and oxygen atoms in total. The zero-order valence-corrected chi connectivity index (χ0v) is 7.12. The lowest BCUT2D eigenvalue weighted by Gasteiger charge is -2.12. The molecule has 66 valence electrons. The van der Waals surface area contributed by atoms with Gasteiger partial charge in [0.1, 0.15) is 0 Å². The molecule has 0 aliphatic heterocycles. The van der Waals surface area contributed by atoms with Crippen LogP contribution in [0.3, 0.4) is 0 Å². The van der Waals surface area contributed by atoms with Crippen molar-refractivity contribution in [1.82, 2.24) is 0 Å². The summed E-state index contributed by atoms with van der Waals surface area (Å²) >= 11 is 2.84. The van der Waals surface area contributed by atoms with E-state index in [4.69, 9.17) is 0 Å². The van der Waals surface area contributed by atoms with Gasteiger partial charge in [0.2, 0.25) is 0 Å². The second-order valence-corrected chi connectivity index (χ2v) is 2.49. The first-order valence-corrected chi connectivity index (χ1v) is 3.83. The summed E-state index contributed by atoms with van der Waals surface area (Å²) < 4.78 is 47.0. The van der Waals surface area contributed by atoms with Crippen LogP contribution in [-0.4, -0.2) is 12.3 Å². The molecule has 5 heteroatoms. The fraction of sp³-hybridized carbons (Fsp3) is 0.667. The van der Waals surface area contributed by atoms with Gasteiger partial charge in [0.15, 0.2) is 0 Å². The maximum atomic E-state index is 12.1. The minimum atomic E-state index is -3.85. The molecule has 0 bridgehead atoms. The molecule has 0 radical (unpaired) electrons. The van der Waals surface area contributed by atoms with E-state index in [2.05, 4.69) is 15.9 Å². The summed E-state index contributed by atoms with van der Waals surface area (Å²) in [6, 6.07) is 0. The van der Waals surface area contributed by atoms with Crippen LogP contribution in [0.5, 0.6) is 0 Å². The molecule has 0 aromatic carbocycles. The Hall–Kier alpha value is -0.0600. The van der Waals surface area contributed by atoms with E-state index in [-0.39, 0.29) is 6.42 Å². The lowest BCUT2D eigenvalue weighted by molar-refractivity contribution is -0.132. The van der Waals surface area contributed by atoms with Crippen molar-refractivity contribution < 1.29 is 17.6 Å².